The molecule has 1 saturated carbocycles. The first-order valence-corrected chi connectivity index (χ1v) is 9.48. The van der Waals surface area contributed by atoms with E-state index < -0.39 is 5.60 Å². The Labute approximate surface area is 158 Å². The van der Waals surface area contributed by atoms with Crippen molar-refractivity contribution < 1.29 is 9.53 Å². The summed E-state index contributed by atoms with van der Waals surface area (Å²) in [5.41, 5.74) is 3.51. The number of aryl methyl sites for hydroxylation is 1. The van der Waals surface area contributed by atoms with Crippen LogP contribution in [0.3, 0.4) is 0 Å². The lowest BCUT2D eigenvalue weighted by Gasteiger charge is -2.32. The molecule has 0 radical (unpaired) electrons. The molecule has 2 N–H and O–H groups in total. The van der Waals surface area contributed by atoms with E-state index in [4.69, 9.17) is 11.2 Å². The molecule has 1 fully saturated rings. The van der Waals surface area contributed by atoms with E-state index in [1.165, 1.54) is 11.1 Å². The lowest BCUT2D eigenvalue weighted by atomic mass is 9.78. The fourth-order valence-electron chi connectivity index (χ4n) is 3.81. The molecule has 2 rings (SSSR count). The average Bonchev–Trinajstić information content (AvgIpc) is 2.58. The van der Waals surface area contributed by atoms with Crippen molar-refractivity contribution in [3.8, 4) is 12.3 Å². The van der Waals surface area contributed by atoms with Crippen molar-refractivity contribution in [2.24, 2.45) is 0 Å². The lowest BCUT2D eigenvalue weighted by Crippen LogP contribution is -2.33. The third kappa shape index (κ3) is 5.02. The molecule has 0 heterocycles. The smallest absolute Gasteiger partial charge is 0.340 e. The maximum absolute atomic E-state index is 12.7. The minimum absolute atomic E-state index is 0.271. The van der Waals surface area contributed by atoms with Crippen molar-refractivity contribution >= 4 is 11.7 Å². The summed E-state index contributed by atoms with van der Waals surface area (Å²) in [6, 6.07) is 4.41. The first-order valence-electron chi connectivity index (χ1n) is 9.48. The zero-order valence-electron chi connectivity index (χ0n) is 16.7. The molecule has 0 atom stereocenters. The van der Waals surface area contributed by atoms with E-state index in [9.17, 15) is 4.79 Å². The van der Waals surface area contributed by atoms with E-state index >= 15 is 0 Å². The van der Waals surface area contributed by atoms with Crippen LogP contribution in [0.1, 0.15) is 73.9 Å². The number of rotatable bonds is 5. The zero-order chi connectivity index (χ0) is 19.3. The predicted molar refractivity (Wildman–Crippen MR) is 108 cm³/mol. The molecule has 1 aromatic carbocycles. The topological polar surface area (TPSA) is 50.4 Å². The van der Waals surface area contributed by atoms with Gasteiger partial charge in [-0.1, -0.05) is 12.0 Å². The van der Waals surface area contributed by atoms with Crippen molar-refractivity contribution in [3.05, 3.63) is 28.8 Å². The van der Waals surface area contributed by atoms with Gasteiger partial charge in [-0.3, -0.25) is 0 Å². The van der Waals surface area contributed by atoms with Gasteiger partial charge in [-0.2, -0.15) is 0 Å². The Kier molecular flexibility index (Phi) is 6.72. The van der Waals surface area contributed by atoms with Crippen LogP contribution in [0.5, 0.6) is 0 Å². The van der Waals surface area contributed by atoms with Crippen LogP contribution in [0.25, 0.3) is 0 Å². The molecule has 26 heavy (non-hydrogen) atoms. The molecule has 0 saturated heterocycles. The summed E-state index contributed by atoms with van der Waals surface area (Å²) in [6.45, 7) is 8.43. The molecular weight excluding hydrogens is 324 g/mol. The van der Waals surface area contributed by atoms with E-state index in [1.54, 1.807) is 0 Å². The number of benzene rings is 1. The molecule has 0 aromatic heterocycles. The van der Waals surface area contributed by atoms with Crippen LogP contribution in [-0.2, 0) is 4.74 Å². The second-order valence-electron chi connectivity index (χ2n) is 8.10. The number of nitrogens with one attached hydrogen (secondary N) is 2. The van der Waals surface area contributed by atoms with Gasteiger partial charge in [-0.15, -0.1) is 6.42 Å². The molecule has 1 aliphatic carbocycles. The molecule has 0 aliphatic heterocycles. The highest BCUT2D eigenvalue weighted by Crippen LogP contribution is 2.40. The van der Waals surface area contributed by atoms with Crippen LogP contribution < -0.4 is 10.6 Å². The Morgan fingerprint density at radius 1 is 1.27 bits per heavy atom. The lowest BCUT2D eigenvalue weighted by molar-refractivity contribution is 0.00705. The fraction of sp³-hybridized carbons (Fsp3) is 0.591. The highest BCUT2D eigenvalue weighted by Gasteiger charge is 2.28. The van der Waals surface area contributed by atoms with Crippen molar-refractivity contribution in [3.63, 3.8) is 0 Å². The van der Waals surface area contributed by atoms with Crippen molar-refractivity contribution in [2.75, 3.05) is 18.9 Å². The van der Waals surface area contributed by atoms with Crippen LogP contribution in [0.15, 0.2) is 12.1 Å². The van der Waals surface area contributed by atoms with Gasteiger partial charge in [0.25, 0.3) is 0 Å². The van der Waals surface area contributed by atoms with Crippen LogP contribution >= 0.6 is 0 Å². The maximum Gasteiger partial charge on any atom is 0.340 e. The van der Waals surface area contributed by atoms with E-state index in [0.29, 0.717) is 24.1 Å². The largest absolute Gasteiger partial charge is 0.456 e. The highest BCUT2D eigenvalue weighted by molar-refractivity contribution is 5.97. The van der Waals surface area contributed by atoms with E-state index in [-0.39, 0.29) is 5.97 Å². The van der Waals surface area contributed by atoms with Crippen LogP contribution in [-0.4, -0.2) is 31.2 Å². The van der Waals surface area contributed by atoms with E-state index in [1.807, 2.05) is 40.0 Å². The molecule has 4 nitrogen and oxygen atoms in total. The predicted octanol–water partition coefficient (Wildman–Crippen LogP) is 4.24. The SMILES string of the molecule is C#CCN[C@H]1CC[C@H](c2c(C)ccc(C(=O)OC(C)(C)C)c2NC)CC1. The minimum Gasteiger partial charge on any atom is -0.456 e. The van der Waals surface area contributed by atoms with Crippen LogP contribution in [0, 0.1) is 19.3 Å². The van der Waals surface area contributed by atoms with Gasteiger partial charge in [0.05, 0.1) is 17.8 Å². The Morgan fingerprint density at radius 3 is 2.46 bits per heavy atom. The van der Waals surface area contributed by atoms with Crippen LogP contribution in [0.4, 0.5) is 5.69 Å². The summed E-state index contributed by atoms with van der Waals surface area (Å²) in [7, 11) is 1.88. The van der Waals surface area contributed by atoms with Crippen molar-refractivity contribution in [2.45, 2.75) is 70.9 Å². The van der Waals surface area contributed by atoms with Gasteiger partial charge in [0.15, 0.2) is 0 Å². The third-order valence-electron chi connectivity index (χ3n) is 4.96. The van der Waals surface area contributed by atoms with Gasteiger partial charge in [-0.25, -0.2) is 4.79 Å². The van der Waals surface area contributed by atoms with Crippen molar-refractivity contribution in [1.82, 2.24) is 5.32 Å². The number of hydrogen-bond donors (Lipinski definition) is 2. The Hall–Kier alpha value is -1.99. The Bertz CT molecular complexity index is 675. The summed E-state index contributed by atoms with van der Waals surface area (Å²) in [5.74, 6) is 2.83. The Balaban J connectivity index is 2.25. The summed E-state index contributed by atoms with van der Waals surface area (Å²) in [6.07, 6.45) is 9.74. The van der Waals surface area contributed by atoms with Gasteiger partial charge >= 0.3 is 5.97 Å². The molecule has 1 aromatic rings. The van der Waals surface area contributed by atoms with Gasteiger partial charge in [0.1, 0.15) is 5.60 Å². The molecule has 4 heteroatoms. The standard InChI is InChI=1S/C22H32N2O2/c1-7-14-24-17-11-9-16(10-12-17)19-15(2)8-13-18(20(19)23-6)21(25)26-22(3,4)5/h1,8,13,16-17,23-24H,9-12,14H2,2-6H3/t16-,17-. The normalized spacial score (nSPS) is 20.3. The summed E-state index contributed by atoms with van der Waals surface area (Å²) >= 11 is 0. The van der Waals surface area contributed by atoms with Gasteiger partial charge < -0.3 is 15.4 Å². The first-order chi connectivity index (χ1) is 12.3. The number of carbonyl (C=O) groups excluding carboxylic acids is 1. The average molecular weight is 357 g/mol. The summed E-state index contributed by atoms with van der Waals surface area (Å²) in [5, 5.41) is 6.69. The number of carbonyl (C=O) groups is 1. The first kappa shape index (κ1) is 20.3. The van der Waals surface area contributed by atoms with E-state index in [2.05, 4.69) is 23.5 Å². The van der Waals surface area contributed by atoms with Gasteiger partial charge in [0.2, 0.25) is 0 Å². The molecule has 0 amide bonds. The van der Waals surface area contributed by atoms with Crippen molar-refractivity contribution in [1.29, 1.82) is 0 Å². The number of terminal acetylenes is 1. The molecule has 142 valence electrons. The van der Waals surface area contributed by atoms with Crippen LogP contribution in [0.2, 0.25) is 0 Å². The minimum atomic E-state index is -0.506. The zero-order valence-corrected chi connectivity index (χ0v) is 16.7. The second-order valence-corrected chi connectivity index (χ2v) is 8.10. The number of esters is 1. The summed E-state index contributed by atoms with van der Waals surface area (Å²) in [4.78, 5) is 12.7. The van der Waals surface area contributed by atoms with Gasteiger partial charge in [-0.05, 0) is 76.5 Å². The van der Waals surface area contributed by atoms with Gasteiger partial charge in [0, 0.05) is 13.1 Å². The molecular formula is C22H32N2O2. The van der Waals surface area contributed by atoms with E-state index in [0.717, 1.165) is 31.4 Å². The monoisotopic (exact) mass is 356 g/mol. The Morgan fingerprint density at radius 2 is 1.92 bits per heavy atom. The molecule has 0 bridgehead atoms. The summed E-state index contributed by atoms with van der Waals surface area (Å²) < 4.78 is 5.60. The number of hydrogen-bond acceptors (Lipinski definition) is 4. The molecule has 0 unspecified atom stereocenters. The fourth-order valence-corrected chi connectivity index (χ4v) is 3.81. The molecule has 1 aliphatic rings. The second kappa shape index (κ2) is 8.60. The maximum atomic E-state index is 12.7. The number of anilines is 1. The quantitative estimate of drug-likeness (QED) is 0.612. The third-order valence-corrected chi connectivity index (χ3v) is 4.96. The highest BCUT2D eigenvalue weighted by atomic mass is 16.6. The number of ether oxygens (including phenoxy) is 1. The molecule has 0 spiro atoms.